The Bertz CT molecular complexity index is 420. The molecule has 1 aromatic rings. The number of hydrogen-bond acceptors (Lipinski definition) is 3. The lowest BCUT2D eigenvalue weighted by molar-refractivity contribution is -0.110. The number of ether oxygens (including phenoxy) is 2. The lowest BCUT2D eigenvalue weighted by Crippen LogP contribution is -2.17. The number of hydrogen-bond donors (Lipinski definition) is 1. The fourth-order valence-corrected chi connectivity index (χ4v) is 2.47. The van der Waals surface area contributed by atoms with Crippen molar-refractivity contribution in [1.29, 1.82) is 0 Å². The van der Waals surface area contributed by atoms with E-state index in [0.29, 0.717) is 5.69 Å². The van der Waals surface area contributed by atoms with Crippen LogP contribution in [0.4, 0.5) is 4.79 Å². The molecule has 1 aromatic heterocycles. The Kier molecular flexibility index (Phi) is 3.49. The minimum absolute atomic E-state index is 0.618. The Morgan fingerprint density at radius 1 is 1.35 bits per heavy atom. The van der Waals surface area contributed by atoms with Crippen molar-refractivity contribution in [1.82, 2.24) is 4.57 Å². The molecule has 1 aliphatic carbocycles. The fraction of sp³-hybridized carbons (Fsp3) is 0.583. The van der Waals surface area contributed by atoms with E-state index in [1.807, 2.05) is 0 Å². The third kappa shape index (κ3) is 2.08. The third-order valence-corrected chi connectivity index (χ3v) is 3.22. The maximum absolute atomic E-state index is 11.2. The van der Waals surface area contributed by atoms with Gasteiger partial charge in [-0.2, -0.15) is 0 Å². The van der Waals surface area contributed by atoms with Crippen LogP contribution < -0.4 is 0 Å². The molecule has 0 radical (unpaired) electrons. The van der Waals surface area contributed by atoms with E-state index in [1.165, 1.54) is 18.8 Å². The topological polar surface area (TPSA) is 60.7 Å². The highest BCUT2D eigenvalue weighted by Crippen LogP contribution is 2.31. The van der Waals surface area contributed by atoms with Gasteiger partial charge in [-0.1, -0.05) is 0 Å². The summed E-state index contributed by atoms with van der Waals surface area (Å²) in [6.07, 6.45) is 4.11. The second kappa shape index (κ2) is 4.89. The molecule has 2 rings (SSSR count). The number of rotatable bonds is 3. The average molecular weight is 239 g/mol. The van der Waals surface area contributed by atoms with Crippen molar-refractivity contribution in [2.75, 3.05) is 14.2 Å². The number of aryl methyl sites for hydroxylation is 1. The Labute approximate surface area is 99.9 Å². The first-order valence-electron chi connectivity index (χ1n) is 5.71. The number of carbonyl (C=O) groups is 1. The summed E-state index contributed by atoms with van der Waals surface area (Å²) in [7, 11) is 3.03. The number of aromatic nitrogens is 1. The molecule has 0 bridgehead atoms. The van der Waals surface area contributed by atoms with Crippen molar-refractivity contribution in [2.45, 2.75) is 32.0 Å². The van der Waals surface area contributed by atoms with Gasteiger partial charge in [0.15, 0.2) is 6.29 Å². The Morgan fingerprint density at radius 2 is 2.00 bits per heavy atom. The van der Waals surface area contributed by atoms with Crippen LogP contribution in [0, 0.1) is 0 Å². The molecule has 0 unspecified atom stereocenters. The maximum Gasteiger partial charge on any atom is 0.415 e. The van der Waals surface area contributed by atoms with Crippen LogP contribution >= 0.6 is 0 Å². The lowest BCUT2D eigenvalue weighted by Gasteiger charge is -2.18. The van der Waals surface area contributed by atoms with Crippen LogP contribution in [-0.4, -0.2) is 30.0 Å². The fourth-order valence-electron chi connectivity index (χ4n) is 2.47. The van der Waals surface area contributed by atoms with Gasteiger partial charge in [0.05, 0.1) is 5.69 Å². The monoisotopic (exact) mass is 239 g/mol. The molecule has 0 aliphatic heterocycles. The van der Waals surface area contributed by atoms with Crippen molar-refractivity contribution in [2.24, 2.45) is 0 Å². The van der Waals surface area contributed by atoms with Crippen LogP contribution in [0.3, 0.4) is 0 Å². The Balaban J connectivity index is 2.52. The first-order valence-corrected chi connectivity index (χ1v) is 5.71. The van der Waals surface area contributed by atoms with E-state index < -0.39 is 12.4 Å². The van der Waals surface area contributed by atoms with E-state index >= 15 is 0 Å². The minimum atomic E-state index is -0.992. The highest BCUT2D eigenvalue weighted by Gasteiger charge is 2.27. The van der Waals surface area contributed by atoms with Gasteiger partial charge in [0.2, 0.25) is 0 Å². The molecule has 1 aliphatic rings. The standard InChI is InChI=1S/C12H17NO4/c1-16-11(17-2)10-9-6-4-3-5-8(9)7-13(10)12(14)15/h7,11H,3-6H2,1-2H3,(H,14,15). The van der Waals surface area contributed by atoms with Crippen LogP contribution in [0.15, 0.2) is 6.20 Å². The highest BCUT2D eigenvalue weighted by molar-refractivity contribution is 5.70. The van der Waals surface area contributed by atoms with Gasteiger partial charge in [0, 0.05) is 20.4 Å². The molecular weight excluding hydrogens is 222 g/mol. The molecule has 5 nitrogen and oxygen atoms in total. The zero-order valence-corrected chi connectivity index (χ0v) is 10.1. The van der Waals surface area contributed by atoms with E-state index in [0.717, 1.165) is 36.8 Å². The molecule has 0 atom stereocenters. The predicted molar refractivity (Wildman–Crippen MR) is 61.3 cm³/mol. The van der Waals surface area contributed by atoms with E-state index in [4.69, 9.17) is 9.47 Å². The van der Waals surface area contributed by atoms with Crippen molar-refractivity contribution in [3.05, 3.63) is 23.0 Å². The summed E-state index contributed by atoms with van der Waals surface area (Å²) in [5.74, 6) is 0. The summed E-state index contributed by atoms with van der Waals surface area (Å²) in [4.78, 5) is 11.2. The van der Waals surface area contributed by atoms with Gasteiger partial charge in [-0.05, 0) is 36.8 Å². The van der Waals surface area contributed by atoms with E-state index in [9.17, 15) is 9.90 Å². The lowest BCUT2D eigenvalue weighted by atomic mass is 9.94. The van der Waals surface area contributed by atoms with E-state index in [2.05, 4.69) is 0 Å². The van der Waals surface area contributed by atoms with Gasteiger partial charge in [-0.25, -0.2) is 4.79 Å². The van der Waals surface area contributed by atoms with Gasteiger partial charge in [0.1, 0.15) is 0 Å². The zero-order chi connectivity index (χ0) is 12.4. The summed E-state index contributed by atoms with van der Waals surface area (Å²) < 4.78 is 11.6. The minimum Gasteiger partial charge on any atom is -0.464 e. The molecule has 0 saturated carbocycles. The van der Waals surface area contributed by atoms with Gasteiger partial charge in [-0.3, -0.25) is 4.57 Å². The maximum atomic E-state index is 11.2. The number of fused-ring (bicyclic) bond motifs is 1. The largest absolute Gasteiger partial charge is 0.464 e. The molecule has 0 aromatic carbocycles. The quantitative estimate of drug-likeness (QED) is 0.821. The number of nitrogens with zero attached hydrogens (tertiary/aromatic N) is 1. The summed E-state index contributed by atoms with van der Waals surface area (Å²) in [6.45, 7) is 0. The molecule has 0 amide bonds. The van der Waals surface area contributed by atoms with Crippen molar-refractivity contribution in [3.8, 4) is 0 Å². The molecular formula is C12H17NO4. The predicted octanol–water partition coefficient (Wildman–Crippen LogP) is 2.18. The van der Waals surface area contributed by atoms with Gasteiger partial charge >= 0.3 is 6.09 Å². The van der Waals surface area contributed by atoms with Gasteiger partial charge in [0.25, 0.3) is 0 Å². The molecule has 17 heavy (non-hydrogen) atoms. The number of methoxy groups -OCH3 is 2. The molecule has 1 heterocycles. The second-order valence-corrected chi connectivity index (χ2v) is 4.18. The van der Waals surface area contributed by atoms with Gasteiger partial charge in [-0.15, -0.1) is 0 Å². The van der Waals surface area contributed by atoms with Crippen LogP contribution in [0.25, 0.3) is 0 Å². The third-order valence-electron chi connectivity index (χ3n) is 3.22. The first kappa shape index (κ1) is 12.1. The molecule has 0 saturated heterocycles. The molecule has 0 spiro atoms. The summed E-state index contributed by atoms with van der Waals surface area (Å²) in [6, 6.07) is 0. The van der Waals surface area contributed by atoms with Crippen LogP contribution in [0.5, 0.6) is 0 Å². The summed E-state index contributed by atoms with van der Waals surface area (Å²) >= 11 is 0. The molecule has 5 heteroatoms. The Hall–Kier alpha value is -1.33. The van der Waals surface area contributed by atoms with Crippen LogP contribution in [0.1, 0.15) is 36.0 Å². The van der Waals surface area contributed by atoms with E-state index in [1.54, 1.807) is 6.20 Å². The highest BCUT2D eigenvalue weighted by atomic mass is 16.7. The van der Waals surface area contributed by atoms with Crippen molar-refractivity contribution in [3.63, 3.8) is 0 Å². The first-order chi connectivity index (χ1) is 8.19. The van der Waals surface area contributed by atoms with Crippen LogP contribution in [0.2, 0.25) is 0 Å². The normalized spacial score (nSPS) is 15.0. The smallest absolute Gasteiger partial charge is 0.415 e. The van der Waals surface area contributed by atoms with E-state index in [-0.39, 0.29) is 0 Å². The van der Waals surface area contributed by atoms with Crippen molar-refractivity contribution >= 4 is 6.09 Å². The summed E-state index contributed by atoms with van der Waals surface area (Å²) in [5.41, 5.74) is 2.80. The molecule has 94 valence electrons. The van der Waals surface area contributed by atoms with Crippen molar-refractivity contribution < 1.29 is 19.4 Å². The van der Waals surface area contributed by atoms with Gasteiger partial charge < -0.3 is 14.6 Å². The number of carboxylic acid groups (broad SMARTS) is 1. The second-order valence-electron chi connectivity index (χ2n) is 4.18. The molecule has 1 N–H and O–H groups in total. The van der Waals surface area contributed by atoms with Crippen LogP contribution in [-0.2, 0) is 22.3 Å². The Morgan fingerprint density at radius 3 is 2.59 bits per heavy atom. The SMILES string of the molecule is COC(OC)c1c2c(cn1C(=O)O)CCCC2. The molecule has 0 fully saturated rings. The summed E-state index contributed by atoms with van der Waals surface area (Å²) in [5, 5.41) is 9.21. The average Bonchev–Trinajstić information content (AvgIpc) is 2.71. The zero-order valence-electron chi connectivity index (χ0n) is 10.1.